The first kappa shape index (κ1) is 49.6. The monoisotopic (exact) mass is 996 g/mol. The molecule has 0 aliphatic heterocycles. The minimum atomic E-state index is -6.24. The van der Waals surface area contributed by atoms with Crippen molar-refractivity contribution in [3.05, 3.63) is 150 Å². The lowest BCUT2D eigenvalue weighted by Gasteiger charge is -2.25. The second-order valence-corrected chi connectivity index (χ2v) is 21.5. The van der Waals surface area contributed by atoms with E-state index in [1.54, 1.807) is 47.6 Å². The average molecular weight is 997 g/mol. The molecule has 5 aromatic carbocycles. The van der Waals surface area contributed by atoms with Crippen LogP contribution in [0.25, 0.3) is 16.3 Å². The predicted octanol–water partition coefficient (Wildman–Crippen LogP) is 8.42. The summed E-state index contributed by atoms with van der Waals surface area (Å²) < 4.78 is 179. The summed E-state index contributed by atoms with van der Waals surface area (Å²) in [6, 6.07) is 28.4. The normalized spacial score (nSPS) is 13.8. The number of benzene rings is 5. The first-order valence-electron chi connectivity index (χ1n) is 19.6. The maximum absolute atomic E-state index is 13.0. The van der Waals surface area contributed by atoms with Gasteiger partial charge in [0.2, 0.25) is 11.4 Å². The quantitative estimate of drug-likeness (QED) is 0.0681. The molecule has 23 heteroatoms. The fourth-order valence-electron chi connectivity index (χ4n) is 7.10. The number of halogens is 6. The van der Waals surface area contributed by atoms with Crippen LogP contribution in [-0.2, 0) is 40.1 Å². The Bertz CT molecular complexity index is 3260. The van der Waals surface area contributed by atoms with Gasteiger partial charge in [-0.05, 0) is 103 Å². The van der Waals surface area contributed by atoms with Crippen molar-refractivity contribution >= 4 is 84.9 Å². The van der Waals surface area contributed by atoms with Gasteiger partial charge in [0, 0.05) is 59.8 Å². The zero-order valence-corrected chi connectivity index (χ0v) is 38.2. The Morgan fingerprint density at radius 3 is 1.67 bits per heavy atom. The van der Waals surface area contributed by atoms with Gasteiger partial charge in [0.25, 0.3) is 20.0 Å². The van der Waals surface area contributed by atoms with Crippen molar-refractivity contribution in [3.63, 3.8) is 0 Å². The van der Waals surface area contributed by atoms with Crippen molar-refractivity contribution in [1.29, 1.82) is 0 Å². The van der Waals surface area contributed by atoms with Crippen molar-refractivity contribution in [2.45, 2.75) is 41.6 Å². The molecule has 13 nitrogen and oxygen atoms in total. The molecular formula is C43H40F6N5O8S4+. The highest BCUT2D eigenvalue weighted by Gasteiger charge is 2.49. The minimum Gasteiger partial charge on any atom is -0.385 e. The Morgan fingerprint density at radius 2 is 1.14 bits per heavy atom. The van der Waals surface area contributed by atoms with E-state index in [0.29, 0.717) is 29.1 Å². The fourth-order valence-corrected chi connectivity index (χ4v) is 12.0. The maximum atomic E-state index is 13.0. The number of allylic oxidation sites excluding steroid dienone is 5. The molecule has 5 aromatic rings. The Labute approximate surface area is 377 Å². The van der Waals surface area contributed by atoms with Gasteiger partial charge in [0.15, 0.2) is 0 Å². The summed E-state index contributed by atoms with van der Waals surface area (Å²) in [6.45, 7) is 6.62. The van der Waals surface area contributed by atoms with E-state index in [1.807, 2.05) is 67.6 Å². The first-order chi connectivity index (χ1) is 30.8. The molecule has 0 radical (unpaired) electrons. The molecule has 0 atom stereocenters. The number of nitrogens with one attached hydrogen (secondary N) is 3. The molecule has 66 heavy (non-hydrogen) atoms. The summed E-state index contributed by atoms with van der Waals surface area (Å²) in [5, 5.41) is 5.20. The Kier molecular flexibility index (Phi) is 14.1. The van der Waals surface area contributed by atoms with Gasteiger partial charge in [-0.15, -0.1) is 0 Å². The summed E-state index contributed by atoms with van der Waals surface area (Å²) in [6.07, 6.45) is 7.16. The Morgan fingerprint density at radius 1 is 0.591 bits per heavy atom. The lowest BCUT2D eigenvalue weighted by atomic mass is 9.87. The molecule has 0 amide bonds. The molecule has 3 N–H and O–H groups in total. The largest absolute Gasteiger partial charge is 0.512 e. The number of hydrogen-bond acceptors (Lipinski definition) is 10. The lowest BCUT2D eigenvalue weighted by Crippen LogP contribution is -2.40. The van der Waals surface area contributed by atoms with Crippen LogP contribution in [0.5, 0.6) is 0 Å². The van der Waals surface area contributed by atoms with Crippen LogP contribution in [0.4, 0.5) is 49.1 Å². The topological polar surface area (TPSA) is 179 Å². The van der Waals surface area contributed by atoms with Gasteiger partial charge in [-0.25, -0.2) is 33.7 Å². The van der Waals surface area contributed by atoms with Crippen LogP contribution in [0.15, 0.2) is 149 Å². The third-order valence-electron chi connectivity index (χ3n) is 10.1. The summed E-state index contributed by atoms with van der Waals surface area (Å²) in [7, 11) is -22.8. The van der Waals surface area contributed by atoms with Gasteiger partial charge in [-0.2, -0.15) is 30.9 Å². The second-order valence-electron chi connectivity index (χ2n) is 14.3. The number of fused-ring (bicyclic) bond motifs is 1. The van der Waals surface area contributed by atoms with Crippen LogP contribution in [-0.4, -0.2) is 74.6 Å². The highest BCUT2D eigenvalue weighted by molar-refractivity contribution is 8.05. The Balaban J connectivity index is 1.43. The molecule has 0 unspecified atom stereocenters. The zero-order valence-electron chi connectivity index (χ0n) is 34.9. The molecule has 0 fully saturated rings. The van der Waals surface area contributed by atoms with Crippen molar-refractivity contribution in [2.75, 3.05) is 29.9 Å². The number of alkyl halides is 6. The molecule has 0 aromatic heterocycles. The van der Waals surface area contributed by atoms with E-state index in [0.717, 1.165) is 60.1 Å². The molecular weight excluding hydrogens is 957 g/mol. The van der Waals surface area contributed by atoms with Crippen LogP contribution >= 0.6 is 0 Å². The summed E-state index contributed by atoms with van der Waals surface area (Å²) >= 11 is 0. The highest BCUT2D eigenvalue weighted by atomic mass is 32.3. The smallest absolute Gasteiger partial charge is 0.385 e. The zero-order chi connectivity index (χ0) is 48.5. The van der Waals surface area contributed by atoms with Crippen molar-refractivity contribution in [3.8, 4) is 0 Å². The lowest BCUT2D eigenvalue weighted by molar-refractivity contribution is -0.434. The van der Waals surface area contributed by atoms with Crippen molar-refractivity contribution in [1.82, 2.24) is 8.25 Å². The van der Waals surface area contributed by atoms with Gasteiger partial charge in [0.05, 0.1) is 9.79 Å². The molecule has 0 bridgehead atoms. The van der Waals surface area contributed by atoms with Crippen molar-refractivity contribution in [2.24, 2.45) is 0 Å². The average Bonchev–Trinajstić information content (AvgIpc) is 3.25. The molecule has 0 heterocycles. The van der Waals surface area contributed by atoms with Gasteiger partial charge in [-0.1, -0.05) is 62.9 Å². The van der Waals surface area contributed by atoms with Crippen LogP contribution in [0.2, 0.25) is 0 Å². The highest BCUT2D eigenvalue weighted by Crippen LogP contribution is 2.39. The van der Waals surface area contributed by atoms with Gasteiger partial charge >= 0.3 is 31.1 Å². The second kappa shape index (κ2) is 18.8. The van der Waals surface area contributed by atoms with Crippen LogP contribution < -0.4 is 18.5 Å². The number of anilines is 3. The standard InChI is InChI=1S/C43H39F6N5O8S4/c1-4-50-40-26-25-39(37-15-7-8-16-38(37)40)41(29-17-21-31(22-18-29)53(5-2)33-11-9-13-35(27-33)63(55,56)51-65(59,60)42(44,45)46)30-19-23-32(24-20-30)54(6-3)34-12-10-14-36(28-34)64(57,58)52-66(61,62)43(47,48)49/h7-28,51-52H,4-6H2,1-3H3/p+1. The predicted molar refractivity (Wildman–Crippen MR) is 240 cm³/mol. The molecule has 0 saturated carbocycles. The summed E-state index contributed by atoms with van der Waals surface area (Å²) in [5.41, 5.74) is -6.28. The number of nitrogens with zero attached hydrogens (tertiary/aromatic N) is 2. The minimum absolute atomic E-state index is 0.230. The van der Waals surface area contributed by atoms with Crippen LogP contribution in [0.1, 0.15) is 31.9 Å². The van der Waals surface area contributed by atoms with Gasteiger partial charge < -0.3 is 10.2 Å². The molecule has 1 aliphatic carbocycles. The van der Waals surface area contributed by atoms with E-state index < -0.39 is 60.9 Å². The first-order valence-corrected chi connectivity index (χ1v) is 25.6. The summed E-state index contributed by atoms with van der Waals surface area (Å²) in [5.74, 6) is 0. The van der Waals surface area contributed by atoms with Crippen LogP contribution in [0, 0.1) is 0 Å². The fraction of sp³-hybridized carbons (Fsp3) is 0.186. The van der Waals surface area contributed by atoms with E-state index in [1.165, 1.54) is 24.3 Å². The van der Waals surface area contributed by atoms with Gasteiger partial charge in [0.1, 0.15) is 6.54 Å². The van der Waals surface area contributed by atoms with Crippen molar-refractivity contribution < 1.29 is 64.6 Å². The van der Waals surface area contributed by atoms with E-state index in [4.69, 9.17) is 0 Å². The molecule has 0 saturated heterocycles. The third-order valence-corrected chi connectivity index (χ3v) is 16.5. The number of sulfonamides is 4. The van der Waals surface area contributed by atoms with E-state index >= 15 is 0 Å². The van der Waals surface area contributed by atoms with E-state index in [9.17, 15) is 60.0 Å². The van der Waals surface area contributed by atoms with Gasteiger partial charge in [-0.3, -0.25) is 0 Å². The third kappa shape index (κ3) is 10.4. The summed E-state index contributed by atoms with van der Waals surface area (Å²) in [4.78, 5) is 0.228. The molecule has 1 aliphatic rings. The Hall–Kier alpha value is -5.85. The van der Waals surface area contributed by atoms with E-state index in [-0.39, 0.29) is 24.5 Å². The molecule has 6 rings (SSSR count). The van der Waals surface area contributed by atoms with Crippen LogP contribution in [0.3, 0.4) is 0 Å². The SMILES string of the molecule is CCNc1ccc(C(=C2C=CC(=[N+](CC)c3cccc(S(=O)(=O)NS(=O)(=O)C(F)(F)F)c3)C=C2)c2ccc(N(CC)c3cccc(S(=O)(=O)NS(=O)(=O)C(F)(F)F)c3)cc2)c2ccccc12. The number of rotatable bonds is 15. The molecule has 0 spiro atoms. The molecule has 350 valence electrons. The van der Waals surface area contributed by atoms with E-state index in [2.05, 4.69) is 5.32 Å². The number of hydrogen-bond donors (Lipinski definition) is 3. The maximum Gasteiger partial charge on any atom is 0.512 e.